The molecule has 5 heteroatoms. The van der Waals surface area contributed by atoms with Crippen LogP contribution in [0.15, 0.2) is 53.1 Å². The maximum absolute atomic E-state index is 5.34. The van der Waals surface area contributed by atoms with Gasteiger partial charge in [-0.25, -0.2) is 0 Å². The van der Waals surface area contributed by atoms with Gasteiger partial charge in [0.05, 0.1) is 19.7 Å². The Labute approximate surface area is 137 Å². The Morgan fingerprint density at radius 2 is 1.77 bits per heavy atom. The number of aromatic nitrogens is 1. The molecule has 0 aliphatic carbocycles. The first-order valence-electron chi connectivity index (χ1n) is 6.74. The number of anilines is 2. The van der Waals surface area contributed by atoms with Crippen LogP contribution in [0.2, 0.25) is 0 Å². The molecular formula is C17H15BrN2O2. The summed E-state index contributed by atoms with van der Waals surface area (Å²) in [5, 5.41) is 4.45. The molecule has 4 nitrogen and oxygen atoms in total. The summed E-state index contributed by atoms with van der Waals surface area (Å²) < 4.78 is 11.6. The van der Waals surface area contributed by atoms with Crippen molar-refractivity contribution in [1.82, 2.24) is 4.98 Å². The van der Waals surface area contributed by atoms with E-state index in [2.05, 4.69) is 26.2 Å². The van der Waals surface area contributed by atoms with Crippen LogP contribution in [0.1, 0.15) is 0 Å². The topological polar surface area (TPSA) is 43.4 Å². The summed E-state index contributed by atoms with van der Waals surface area (Å²) >= 11 is 3.50. The van der Waals surface area contributed by atoms with Crippen molar-refractivity contribution in [2.75, 3.05) is 19.5 Å². The van der Waals surface area contributed by atoms with Gasteiger partial charge in [0.2, 0.25) is 0 Å². The molecule has 22 heavy (non-hydrogen) atoms. The minimum Gasteiger partial charge on any atom is -0.493 e. The minimum absolute atomic E-state index is 0.687. The maximum Gasteiger partial charge on any atom is 0.162 e. The van der Waals surface area contributed by atoms with Gasteiger partial charge < -0.3 is 14.8 Å². The van der Waals surface area contributed by atoms with E-state index in [9.17, 15) is 0 Å². The third-order valence-corrected chi connectivity index (χ3v) is 3.86. The first-order chi connectivity index (χ1) is 10.7. The summed E-state index contributed by atoms with van der Waals surface area (Å²) in [5.41, 5.74) is 2.84. The van der Waals surface area contributed by atoms with Crippen LogP contribution in [0.4, 0.5) is 11.4 Å². The molecule has 1 N–H and O–H groups in total. The van der Waals surface area contributed by atoms with E-state index >= 15 is 0 Å². The van der Waals surface area contributed by atoms with Crippen LogP contribution in [0.25, 0.3) is 10.9 Å². The second-order valence-corrected chi connectivity index (χ2v) is 5.63. The fourth-order valence-corrected chi connectivity index (χ4v) is 2.66. The van der Waals surface area contributed by atoms with E-state index in [1.807, 2.05) is 42.5 Å². The largest absolute Gasteiger partial charge is 0.493 e. The van der Waals surface area contributed by atoms with Gasteiger partial charge in [-0.3, -0.25) is 4.98 Å². The van der Waals surface area contributed by atoms with Gasteiger partial charge in [-0.05, 0) is 36.4 Å². The van der Waals surface area contributed by atoms with Gasteiger partial charge in [-0.2, -0.15) is 0 Å². The highest BCUT2D eigenvalue weighted by atomic mass is 79.9. The van der Waals surface area contributed by atoms with Crippen LogP contribution >= 0.6 is 15.9 Å². The van der Waals surface area contributed by atoms with Crippen LogP contribution in [0.3, 0.4) is 0 Å². The Morgan fingerprint density at radius 1 is 0.955 bits per heavy atom. The average molecular weight is 359 g/mol. The lowest BCUT2D eigenvalue weighted by Crippen LogP contribution is -1.95. The second-order valence-electron chi connectivity index (χ2n) is 4.71. The zero-order chi connectivity index (χ0) is 15.5. The lowest BCUT2D eigenvalue weighted by Gasteiger charge is -2.13. The van der Waals surface area contributed by atoms with Crippen molar-refractivity contribution >= 4 is 38.2 Å². The van der Waals surface area contributed by atoms with Crippen molar-refractivity contribution < 1.29 is 9.47 Å². The molecule has 0 spiro atoms. The Balaban J connectivity index is 2.01. The number of rotatable bonds is 4. The number of nitrogens with zero attached hydrogens (tertiary/aromatic N) is 1. The maximum atomic E-state index is 5.34. The zero-order valence-corrected chi connectivity index (χ0v) is 13.8. The summed E-state index contributed by atoms with van der Waals surface area (Å²) in [7, 11) is 3.25. The molecule has 3 rings (SSSR count). The molecule has 0 aliphatic rings. The number of hydrogen-bond donors (Lipinski definition) is 1. The predicted molar refractivity (Wildman–Crippen MR) is 92.3 cm³/mol. The van der Waals surface area contributed by atoms with E-state index in [-0.39, 0.29) is 0 Å². The van der Waals surface area contributed by atoms with Crippen molar-refractivity contribution in [2.45, 2.75) is 0 Å². The molecule has 0 aliphatic heterocycles. The number of ether oxygens (including phenoxy) is 2. The second kappa shape index (κ2) is 6.23. The predicted octanol–water partition coefficient (Wildman–Crippen LogP) is 4.76. The molecule has 1 aromatic heterocycles. The number of methoxy groups -OCH3 is 2. The monoisotopic (exact) mass is 358 g/mol. The molecule has 0 radical (unpaired) electrons. The van der Waals surface area contributed by atoms with E-state index in [1.165, 1.54) is 0 Å². The van der Waals surface area contributed by atoms with Gasteiger partial charge in [-0.15, -0.1) is 0 Å². The Bertz CT molecular complexity index is 821. The quantitative estimate of drug-likeness (QED) is 0.730. The smallest absolute Gasteiger partial charge is 0.162 e. The number of nitrogens with one attached hydrogen (secondary N) is 1. The molecule has 0 saturated heterocycles. The molecule has 0 bridgehead atoms. The number of benzene rings is 2. The first-order valence-corrected chi connectivity index (χ1v) is 7.54. The van der Waals surface area contributed by atoms with Gasteiger partial charge in [0, 0.05) is 33.5 Å². The molecule has 0 atom stereocenters. The Hall–Kier alpha value is -2.27. The molecule has 0 fully saturated rings. The fourth-order valence-electron chi connectivity index (χ4n) is 2.30. The van der Waals surface area contributed by atoms with E-state index in [0.29, 0.717) is 11.5 Å². The van der Waals surface area contributed by atoms with Crippen LogP contribution in [0, 0.1) is 0 Å². The van der Waals surface area contributed by atoms with Crippen molar-refractivity contribution in [2.24, 2.45) is 0 Å². The first kappa shape index (κ1) is 14.7. The van der Waals surface area contributed by atoms with Gasteiger partial charge in [0.1, 0.15) is 0 Å². The Kier molecular flexibility index (Phi) is 4.15. The van der Waals surface area contributed by atoms with Gasteiger partial charge >= 0.3 is 0 Å². The summed E-state index contributed by atoms with van der Waals surface area (Å²) in [6.07, 6.45) is 1.79. The molecule has 0 amide bonds. The summed E-state index contributed by atoms with van der Waals surface area (Å²) in [6, 6.07) is 13.7. The molecule has 112 valence electrons. The highest BCUT2D eigenvalue weighted by Gasteiger charge is 2.07. The zero-order valence-electron chi connectivity index (χ0n) is 12.3. The molecular weight excluding hydrogens is 344 g/mol. The van der Waals surface area contributed by atoms with Crippen LogP contribution in [-0.4, -0.2) is 19.2 Å². The van der Waals surface area contributed by atoms with Crippen molar-refractivity contribution in [3.63, 3.8) is 0 Å². The van der Waals surface area contributed by atoms with Crippen molar-refractivity contribution in [1.29, 1.82) is 0 Å². The number of halogens is 1. The molecule has 1 heterocycles. The van der Waals surface area contributed by atoms with E-state index in [4.69, 9.17) is 9.47 Å². The highest BCUT2D eigenvalue weighted by Crippen LogP contribution is 2.33. The van der Waals surface area contributed by atoms with Gasteiger partial charge in [0.15, 0.2) is 11.5 Å². The molecule has 2 aromatic carbocycles. The third kappa shape index (κ3) is 2.85. The van der Waals surface area contributed by atoms with Gasteiger partial charge in [0.25, 0.3) is 0 Å². The van der Waals surface area contributed by atoms with Crippen LogP contribution in [-0.2, 0) is 0 Å². The summed E-state index contributed by atoms with van der Waals surface area (Å²) in [5.74, 6) is 1.39. The minimum atomic E-state index is 0.687. The molecule has 3 aromatic rings. The number of pyridine rings is 1. The van der Waals surface area contributed by atoms with Gasteiger partial charge in [-0.1, -0.05) is 15.9 Å². The van der Waals surface area contributed by atoms with Crippen LogP contribution in [0.5, 0.6) is 11.5 Å². The molecule has 0 saturated carbocycles. The summed E-state index contributed by atoms with van der Waals surface area (Å²) in [6.45, 7) is 0. The van der Waals surface area contributed by atoms with E-state index in [0.717, 1.165) is 26.8 Å². The fraction of sp³-hybridized carbons (Fsp3) is 0.118. The SMILES string of the molecule is COc1ccc(Nc2ccnc3ccc(Br)cc23)cc1OC. The highest BCUT2D eigenvalue weighted by molar-refractivity contribution is 9.10. The third-order valence-electron chi connectivity index (χ3n) is 3.37. The van der Waals surface area contributed by atoms with Crippen molar-refractivity contribution in [3.8, 4) is 11.5 Å². The normalized spacial score (nSPS) is 10.5. The number of hydrogen-bond acceptors (Lipinski definition) is 4. The standard InChI is InChI=1S/C17H15BrN2O2/c1-21-16-6-4-12(10-17(16)22-2)20-15-7-8-19-14-5-3-11(18)9-13(14)15/h3-10H,1-2H3,(H,19,20). The molecule has 0 unspecified atom stereocenters. The Morgan fingerprint density at radius 3 is 2.55 bits per heavy atom. The lowest BCUT2D eigenvalue weighted by atomic mass is 10.2. The summed E-state index contributed by atoms with van der Waals surface area (Å²) in [4.78, 5) is 4.38. The van der Waals surface area contributed by atoms with E-state index in [1.54, 1.807) is 20.4 Å². The average Bonchev–Trinajstić information content (AvgIpc) is 2.55. The lowest BCUT2D eigenvalue weighted by molar-refractivity contribution is 0.355. The van der Waals surface area contributed by atoms with Crippen LogP contribution < -0.4 is 14.8 Å². The van der Waals surface area contributed by atoms with E-state index < -0.39 is 0 Å². The van der Waals surface area contributed by atoms with Crippen molar-refractivity contribution in [3.05, 3.63) is 53.1 Å². The number of fused-ring (bicyclic) bond motifs is 1.